The molecule has 0 aliphatic carbocycles. The molecule has 3 nitrogen and oxygen atoms in total. The van der Waals surface area contributed by atoms with E-state index in [0.29, 0.717) is 5.92 Å². The van der Waals surface area contributed by atoms with Gasteiger partial charge in [0.1, 0.15) is 0 Å². The lowest BCUT2D eigenvalue weighted by Gasteiger charge is -2.13. The Labute approximate surface area is 68.7 Å². The van der Waals surface area contributed by atoms with Gasteiger partial charge in [0.15, 0.2) is 0 Å². The number of aliphatic imine (C=N–C) groups is 1. The molecule has 66 valence electrons. The van der Waals surface area contributed by atoms with Crippen LogP contribution < -0.4 is 0 Å². The number of aliphatic hydroxyl groups excluding tert-OH is 1. The van der Waals surface area contributed by atoms with Crippen molar-refractivity contribution in [1.82, 2.24) is 4.90 Å². The standard InChI is InChI=1S/C8H18N2O/c1-7(2)8(5-11)9-6-10(3)4/h6-8,11H,5H2,1-4H3. The summed E-state index contributed by atoms with van der Waals surface area (Å²) < 4.78 is 0. The fraction of sp³-hybridized carbons (Fsp3) is 0.875. The summed E-state index contributed by atoms with van der Waals surface area (Å²) >= 11 is 0. The maximum absolute atomic E-state index is 8.88. The van der Waals surface area contributed by atoms with Gasteiger partial charge >= 0.3 is 0 Å². The molecule has 0 bridgehead atoms. The number of hydrogen-bond donors (Lipinski definition) is 1. The van der Waals surface area contributed by atoms with Crippen LogP contribution in [0, 0.1) is 5.92 Å². The summed E-state index contributed by atoms with van der Waals surface area (Å²) in [5, 5.41) is 8.88. The van der Waals surface area contributed by atoms with Crippen molar-refractivity contribution >= 4 is 6.34 Å². The lowest BCUT2D eigenvalue weighted by atomic mass is 10.1. The molecule has 0 amide bonds. The lowest BCUT2D eigenvalue weighted by Crippen LogP contribution is -2.20. The molecule has 0 aromatic carbocycles. The summed E-state index contributed by atoms with van der Waals surface area (Å²) in [7, 11) is 3.83. The van der Waals surface area contributed by atoms with Gasteiger partial charge in [-0.05, 0) is 5.92 Å². The van der Waals surface area contributed by atoms with Crippen LogP contribution in [0.15, 0.2) is 4.99 Å². The van der Waals surface area contributed by atoms with Crippen molar-refractivity contribution in [2.24, 2.45) is 10.9 Å². The first kappa shape index (κ1) is 10.4. The van der Waals surface area contributed by atoms with Gasteiger partial charge in [-0.3, -0.25) is 4.99 Å². The molecular formula is C8H18N2O. The Morgan fingerprint density at radius 3 is 2.27 bits per heavy atom. The molecule has 0 aliphatic heterocycles. The Kier molecular flexibility index (Phi) is 4.86. The molecule has 0 fully saturated rings. The van der Waals surface area contributed by atoms with E-state index in [4.69, 9.17) is 5.11 Å². The molecule has 0 saturated carbocycles. The first-order chi connectivity index (χ1) is 5.07. The number of aliphatic hydroxyl groups is 1. The van der Waals surface area contributed by atoms with Crippen molar-refractivity contribution < 1.29 is 5.11 Å². The van der Waals surface area contributed by atoms with Crippen LogP contribution in [0.4, 0.5) is 0 Å². The van der Waals surface area contributed by atoms with Gasteiger partial charge in [-0.15, -0.1) is 0 Å². The van der Waals surface area contributed by atoms with Crippen LogP contribution in [0.25, 0.3) is 0 Å². The Balaban J connectivity index is 3.87. The molecule has 0 aromatic rings. The van der Waals surface area contributed by atoms with Gasteiger partial charge in [-0.25, -0.2) is 0 Å². The Bertz CT molecular complexity index is 121. The SMILES string of the molecule is CC(C)C(CO)N=CN(C)C. The van der Waals surface area contributed by atoms with E-state index in [1.807, 2.05) is 32.8 Å². The Morgan fingerprint density at radius 1 is 1.45 bits per heavy atom. The summed E-state index contributed by atoms with van der Waals surface area (Å²) in [4.78, 5) is 6.06. The number of rotatable bonds is 4. The van der Waals surface area contributed by atoms with Gasteiger partial charge in [0.2, 0.25) is 0 Å². The zero-order valence-electron chi connectivity index (χ0n) is 7.78. The third-order valence-corrected chi connectivity index (χ3v) is 1.45. The summed E-state index contributed by atoms with van der Waals surface area (Å²) in [5.41, 5.74) is 0. The molecule has 1 atom stereocenters. The highest BCUT2D eigenvalue weighted by Crippen LogP contribution is 2.03. The van der Waals surface area contributed by atoms with Crippen molar-refractivity contribution in [3.63, 3.8) is 0 Å². The van der Waals surface area contributed by atoms with Gasteiger partial charge in [-0.2, -0.15) is 0 Å². The predicted molar refractivity (Wildman–Crippen MR) is 47.9 cm³/mol. The molecule has 1 unspecified atom stereocenters. The van der Waals surface area contributed by atoms with Crippen LogP contribution in [0.5, 0.6) is 0 Å². The first-order valence-electron chi connectivity index (χ1n) is 3.88. The van der Waals surface area contributed by atoms with Crippen LogP contribution >= 0.6 is 0 Å². The van der Waals surface area contributed by atoms with Crippen molar-refractivity contribution in [1.29, 1.82) is 0 Å². The van der Waals surface area contributed by atoms with E-state index >= 15 is 0 Å². The molecule has 11 heavy (non-hydrogen) atoms. The summed E-state index contributed by atoms with van der Waals surface area (Å²) in [6.45, 7) is 4.23. The molecule has 0 heterocycles. The van der Waals surface area contributed by atoms with E-state index in [9.17, 15) is 0 Å². The maximum atomic E-state index is 8.88. The van der Waals surface area contributed by atoms with E-state index in [2.05, 4.69) is 4.99 Å². The van der Waals surface area contributed by atoms with E-state index in [1.54, 1.807) is 6.34 Å². The minimum atomic E-state index is 0.0393. The van der Waals surface area contributed by atoms with Gasteiger partial charge < -0.3 is 10.0 Å². The minimum absolute atomic E-state index is 0.0393. The summed E-state index contributed by atoms with van der Waals surface area (Å²) in [6.07, 6.45) is 1.74. The van der Waals surface area contributed by atoms with E-state index in [0.717, 1.165) is 0 Å². The second-order valence-electron chi connectivity index (χ2n) is 3.22. The molecule has 0 saturated heterocycles. The van der Waals surface area contributed by atoms with Crippen molar-refractivity contribution in [3.05, 3.63) is 0 Å². The average molecular weight is 158 g/mol. The second kappa shape index (κ2) is 5.13. The zero-order valence-corrected chi connectivity index (χ0v) is 7.78. The molecule has 0 aromatic heterocycles. The van der Waals surface area contributed by atoms with Crippen molar-refractivity contribution in [3.8, 4) is 0 Å². The molecule has 0 rings (SSSR count). The van der Waals surface area contributed by atoms with E-state index < -0.39 is 0 Å². The third-order valence-electron chi connectivity index (χ3n) is 1.45. The van der Waals surface area contributed by atoms with E-state index in [-0.39, 0.29) is 12.6 Å². The second-order valence-corrected chi connectivity index (χ2v) is 3.22. The zero-order chi connectivity index (χ0) is 8.85. The molecule has 0 aliphatic rings. The molecule has 0 radical (unpaired) electrons. The third kappa shape index (κ3) is 4.79. The van der Waals surface area contributed by atoms with Crippen molar-refractivity contribution in [2.75, 3.05) is 20.7 Å². The fourth-order valence-corrected chi connectivity index (χ4v) is 0.649. The minimum Gasteiger partial charge on any atom is -0.394 e. The highest BCUT2D eigenvalue weighted by atomic mass is 16.3. The smallest absolute Gasteiger partial charge is 0.0849 e. The highest BCUT2D eigenvalue weighted by molar-refractivity contribution is 5.54. The Morgan fingerprint density at radius 2 is 2.00 bits per heavy atom. The summed E-state index contributed by atoms with van der Waals surface area (Å²) in [6, 6.07) is 0.0393. The normalized spacial score (nSPS) is 14.4. The topological polar surface area (TPSA) is 35.8 Å². The molecular weight excluding hydrogens is 140 g/mol. The Hall–Kier alpha value is -0.570. The van der Waals surface area contributed by atoms with Crippen LogP contribution in [0.1, 0.15) is 13.8 Å². The van der Waals surface area contributed by atoms with Gasteiger partial charge in [0, 0.05) is 14.1 Å². The van der Waals surface area contributed by atoms with Gasteiger partial charge in [-0.1, -0.05) is 13.8 Å². The van der Waals surface area contributed by atoms with Crippen LogP contribution in [-0.4, -0.2) is 43.1 Å². The first-order valence-corrected chi connectivity index (χ1v) is 3.88. The van der Waals surface area contributed by atoms with Crippen LogP contribution in [0.3, 0.4) is 0 Å². The van der Waals surface area contributed by atoms with Crippen LogP contribution in [-0.2, 0) is 0 Å². The average Bonchev–Trinajstić information content (AvgIpc) is 1.87. The summed E-state index contributed by atoms with van der Waals surface area (Å²) in [5.74, 6) is 0.399. The quantitative estimate of drug-likeness (QED) is 0.480. The van der Waals surface area contributed by atoms with E-state index in [1.165, 1.54) is 0 Å². The van der Waals surface area contributed by atoms with Gasteiger partial charge in [0.25, 0.3) is 0 Å². The number of hydrogen-bond acceptors (Lipinski definition) is 2. The highest BCUT2D eigenvalue weighted by Gasteiger charge is 2.08. The monoisotopic (exact) mass is 158 g/mol. The number of nitrogens with zero attached hydrogens (tertiary/aromatic N) is 2. The molecule has 1 N–H and O–H groups in total. The van der Waals surface area contributed by atoms with Gasteiger partial charge in [0.05, 0.1) is 19.0 Å². The largest absolute Gasteiger partial charge is 0.394 e. The van der Waals surface area contributed by atoms with Crippen molar-refractivity contribution in [2.45, 2.75) is 19.9 Å². The maximum Gasteiger partial charge on any atom is 0.0849 e. The molecule has 0 spiro atoms. The lowest BCUT2D eigenvalue weighted by molar-refractivity contribution is 0.239. The fourth-order valence-electron chi connectivity index (χ4n) is 0.649. The predicted octanol–water partition coefficient (Wildman–Crippen LogP) is 0.593. The molecule has 3 heteroatoms. The van der Waals surface area contributed by atoms with Crippen LogP contribution in [0.2, 0.25) is 0 Å².